The van der Waals surface area contributed by atoms with Crippen LogP contribution in [0.3, 0.4) is 0 Å². The standard InChI is InChI=1S/C17H20N2O5/c1-10-5-3-6-11(2)14(10)19-17(15(22)13(21)9-20)12(16(23)24)7-4-8-18-17/h3-8,13,18-21H,9H2,1-2H3,(H,23,24). The van der Waals surface area contributed by atoms with E-state index in [1.54, 1.807) is 0 Å². The monoisotopic (exact) mass is 332 g/mol. The third kappa shape index (κ3) is 3.04. The van der Waals surface area contributed by atoms with Gasteiger partial charge in [0.2, 0.25) is 11.4 Å². The van der Waals surface area contributed by atoms with Gasteiger partial charge in [-0.3, -0.25) is 4.79 Å². The van der Waals surface area contributed by atoms with E-state index in [2.05, 4.69) is 10.6 Å². The van der Waals surface area contributed by atoms with Crippen LogP contribution in [0.25, 0.3) is 0 Å². The molecule has 0 saturated carbocycles. The Morgan fingerprint density at radius 2 is 1.92 bits per heavy atom. The number of carboxylic acids is 1. The van der Waals surface area contributed by atoms with E-state index in [9.17, 15) is 19.8 Å². The Hall–Kier alpha value is -2.64. The molecule has 0 saturated heterocycles. The second-order valence-electron chi connectivity index (χ2n) is 5.59. The molecule has 2 atom stereocenters. The van der Waals surface area contributed by atoms with Gasteiger partial charge in [0.15, 0.2) is 0 Å². The SMILES string of the molecule is Cc1cccc(C)c1NC1(C(=O)C(O)CO)NC=CC=C1C(=O)O. The van der Waals surface area contributed by atoms with E-state index in [0.717, 1.165) is 11.1 Å². The molecule has 0 amide bonds. The van der Waals surface area contributed by atoms with Gasteiger partial charge in [0.05, 0.1) is 12.2 Å². The minimum Gasteiger partial charge on any atom is -0.478 e. The lowest BCUT2D eigenvalue weighted by Crippen LogP contribution is -2.63. The second kappa shape index (κ2) is 6.86. The summed E-state index contributed by atoms with van der Waals surface area (Å²) in [4.78, 5) is 24.4. The molecule has 1 heterocycles. The molecule has 1 aromatic carbocycles. The number of aliphatic hydroxyl groups excluding tert-OH is 2. The molecule has 0 radical (unpaired) electrons. The van der Waals surface area contributed by atoms with Crippen molar-refractivity contribution in [2.24, 2.45) is 0 Å². The topological polar surface area (TPSA) is 119 Å². The number of benzene rings is 1. The van der Waals surface area contributed by atoms with E-state index in [1.165, 1.54) is 18.4 Å². The highest BCUT2D eigenvalue weighted by molar-refractivity contribution is 6.07. The first-order valence-electron chi connectivity index (χ1n) is 7.39. The maximum atomic E-state index is 12.7. The van der Waals surface area contributed by atoms with E-state index in [0.29, 0.717) is 5.69 Å². The lowest BCUT2D eigenvalue weighted by atomic mass is 9.88. The molecule has 2 rings (SSSR count). The summed E-state index contributed by atoms with van der Waals surface area (Å²) in [6, 6.07) is 5.48. The highest BCUT2D eigenvalue weighted by Gasteiger charge is 2.48. The Kier molecular flexibility index (Phi) is 5.06. The summed E-state index contributed by atoms with van der Waals surface area (Å²) in [6.07, 6.45) is 2.41. The van der Waals surface area contributed by atoms with Crippen molar-refractivity contribution in [3.8, 4) is 0 Å². The van der Waals surface area contributed by atoms with E-state index in [4.69, 9.17) is 5.11 Å². The number of anilines is 1. The van der Waals surface area contributed by atoms with Crippen LogP contribution in [-0.4, -0.2) is 45.4 Å². The average Bonchev–Trinajstić information content (AvgIpc) is 2.57. The molecule has 1 aliphatic heterocycles. The summed E-state index contributed by atoms with van der Waals surface area (Å²) in [7, 11) is 0. The molecular formula is C17H20N2O5. The number of aliphatic hydroxyl groups is 2. The number of carboxylic acid groups (broad SMARTS) is 1. The lowest BCUT2D eigenvalue weighted by molar-refractivity contribution is -0.139. The number of hydrogen-bond acceptors (Lipinski definition) is 6. The number of rotatable bonds is 6. The van der Waals surface area contributed by atoms with Crippen LogP contribution in [0.5, 0.6) is 0 Å². The van der Waals surface area contributed by atoms with E-state index in [1.807, 2.05) is 32.0 Å². The zero-order valence-electron chi connectivity index (χ0n) is 13.4. The predicted molar refractivity (Wildman–Crippen MR) is 88.4 cm³/mol. The quantitative estimate of drug-likeness (QED) is 0.513. The average molecular weight is 332 g/mol. The Morgan fingerprint density at radius 3 is 2.46 bits per heavy atom. The largest absolute Gasteiger partial charge is 0.478 e. The van der Waals surface area contributed by atoms with Crippen molar-refractivity contribution in [3.63, 3.8) is 0 Å². The lowest BCUT2D eigenvalue weighted by Gasteiger charge is -2.38. The summed E-state index contributed by atoms with van der Waals surface area (Å²) in [5.41, 5.74) is 0.0270. The fraction of sp³-hybridized carbons (Fsp3) is 0.294. The number of ketones is 1. The van der Waals surface area contributed by atoms with Crippen molar-refractivity contribution in [2.45, 2.75) is 25.6 Å². The minimum absolute atomic E-state index is 0.273. The van der Waals surface area contributed by atoms with Crippen molar-refractivity contribution < 1.29 is 24.9 Å². The van der Waals surface area contributed by atoms with Crippen LogP contribution in [0.1, 0.15) is 11.1 Å². The van der Waals surface area contributed by atoms with Crippen molar-refractivity contribution in [1.82, 2.24) is 5.32 Å². The first kappa shape index (κ1) is 17.7. The highest BCUT2D eigenvalue weighted by atomic mass is 16.4. The van der Waals surface area contributed by atoms with Gasteiger partial charge in [-0.2, -0.15) is 0 Å². The molecule has 0 fully saturated rings. The molecule has 128 valence electrons. The van der Waals surface area contributed by atoms with Crippen molar-refractivity contribution >= 4 is 17.4 Å². The molecule has 24 heavy (non-hydrogen) atoms. The molecule has 0 bridgehead atoms. The second-order valence-corrected chi connectivity index (χ2v) is 5.59. The van der Waals surface area contributed by atoms with Crippen LogP contribution < -0.4 is 10.6 Å². The zero-order chi connectivity index (χ0) is 17.9. The third-order valence-corrected chi connectivity index (χ3v) is 3.93. The van der Waals surface area contributed by atoms with Crippen LogP contribution in [0.4, 0.5) is 5.69 Å². The number of para-hydroxylation sites is 1. The van der Waals surface area contributed by atoms with Crippen LogP contribution >= 0.6 is 0 Å². The normalized spacial score (nSPS) is 20.8. The van der Waals surface area contributed by atoms with Crippen LogP contribution in [0.15, 0.2) is 42.1 Å². The molecule has 0 aromatic heterocycles. The summed E-state index contributed by atoms with van der Waals surface area (Å²) in [5.74, 6) is -2.20. The molecule has 1 aliphatic rings. The molecule has 1 aromatic rings. The predicted octanol–water partition coefficient (Wildman–Crippen LogP) is 0.462. The number of hydrogen-bond donors (Lipinski definition) is 5. The van der Waals surface area contributed by atoms with Gasteiger partial charge in [0.25, 0.3) is 0 Å². The maximum absolute atomic E-state index is 12.7. The van der Waals surface area contributed by atoms with Gasteiger partial charge in [-0.1, -0.05) is 18.2 Å². The summed E-state index contributed by atoms with van der Waals surface area (Å²) >= 11 is 0. The number of allylic oxidation sites excluding steroid dienone is 2. The smallest absolute Gasteiger partial charge is 0.336 e. The number of Topliss-reactive ketones (excluding diaryl/α,β-unsaturated/α-hetero) is 1. The summed E-state index contributed by atoms with van der Waals surface area (Å²) in [5, 5.41) is 34.2. The molecule has 0 aliphatic carbocycles. The Labute approximate surface area is 139 Å². The van der Waals surface area contributed by atoms with Crippen LogP contribution in [-0.2, 0) is 9.59 Å². The number of carbonyl (C=O) groups excluding carboxylic acids is 1. The van der Waals surface area contributed by atoms with Gasteiger partial charge in [-0.15, -0.1) is 0 Å². The first-order valence-corrected chi connectivity index (χ1v) is 7.39. The fourth-order valence-electron chi connectivity index (χ4n) is 2.65. The molecule has 0 spiro atoms. The van der Waals surface area contributed by atoms with Crippen molar-refractivity contribution in [3.05, 3.63) is 53.3 Å². The Bertz CT molecular complexity index is 705. The Balaban J connectivity index is 2.60. The molecule has 7 nitrogen and oxygen atoms in total. The molecular weight excluding hydrogens is 312 g/mol. The van der Waals surface area contributed by atoms with E-state index >= 15 is 0 Å². The van der Waals surface area contributed by atoms with E-state index < -0.39 is 30.1 Å². The van der Waals surface area contributed by atoms with Gasteiger partial charge in [0, 0.05) is 5.69 Å². The van der Waals surface area contributed by atoms with Crippen molar-refractivity contribution in [2.75, 3.05) is 11.9 Å². The molecule has 2 unspecified atom stereocenters. The van der Waals surface area contributed by atoms with Gasteiger partial charge in [0.1, 0.15) is 6.10 Å². The highest BCUT2D eigenvalue weighted by Crippen LogP contribution is 2.30. The zero-order valence-corrected chi connectivity index (χ0v) is 13.4. The maximum Gasteiger partial charge on any atom is 0.336 e. The summed E-state index contributed by atoms with van der Waals surface area (Å²) < 4.78 is 0. The van der Waals surface area contributed by atoms with Crippen molar-refractivity contribution in [1.29, 1.82) is 0 Å². The molecule has 7 heteroatoms. The molecule has 5 N–H and O–H groups in total. The number of aliphatic carboxylic acids is 1. The van der Waals surface area contributed by atoms with Gasteiger partial charge in [-0.25, -0.2) is 4.79 Å². The third-order valence-electron chi connectivity index (χ3n) is 3.93. The first-order chi connectivity index (χ1) is 11.3. The van der Waals surface area contributed by atoms with E-state index in [-0.39, 0.29) is 5.57 Å². The van der Waals surface area contributed by atoms with Crippen LogP contribution in [0.2, 0.25) is 0 Å². The van der Waals surface area contributed by atoms with Gasteiger partial charge >= 0.3 is 5.97 Å². The summed E-state index contributed by atoms with van der Waals surface area (Å²) in [6.45, 7) is 2.82. The number of carbonyl (C=O) groups is 2. The number of aryl methyl sites for hydroxylation is 2. The number of nitrogens with one attached hydrogen (secondary N) is 2. The minimum atomic E-state index is -1.89. The van der Waals surface area contributed by atoms with Gasteiger partial charge in [-0.05, 0) is 43.3 Å². The number of dihydropyridines is 1. The van der Waals surface area contributed by atoms with Gasteiger partial charge < -0.3 is 26.0 Å². The van der Waals surface area contributed by atoms with Crippen LogP contribution in [0, 0.1) is 13.8 Å². The fourth-order valence-corrected chi connectivity index (χ4v) is 2.65. The Morgan fingerprint density at radius 1 is 1.29 bits per heavy atom.